The van der Waals surface area contributed by atoms with E-state index >= 15 is 0 Å². The second-order valence-corrected chi connectivity index (χ2v) is 6.98. The Bertz CT molecular complexity index is 707. The van der Waals surface area contributed by atoms with E-state index in [-0.39, 0.29) is 11.4 Å². The Labute approximate surface area is 148 Å². The Morgan fingerprint density at radius 2 is 1.68 bits per heavy atom. The number of carbonyl (C=O) groups excluding carboxylic acids is 1. The molecule has 1 aliphatic carbocycles. The van der Waals surface area contributed by atoms with E-state index in [1.807, 2.05) is 35.5 Å². The smallest absolute Gasteiger partial charge is 0.317 e. The summed E-state index contributed by atoms with van der Waals surface area (Å²) in [5.74, 6) is 0. The number of urea groups is 1. The minimum absolute atomic E-state index is 0.0663. The SMILES string of the molecule is O=C(NCC1(c2ccccc2)CC1)N1CCN(c2ccncc2)CC1. The summed E-state index contributed by atoms with van der Waals surface area (Å²) in [5, 5.41) is 3.17. The Balaban J connectivity index is 1.29. The molecule has 1 N–H and O–H groups in total. The molecule has 5 nitrogen and oxygen atoms in total. The number of rotatable bonds is 4. The molecule has 25 heavy (non-hydrogen) atoms. The number of pyridine rings is 1. The highest BCUT2D eigenvalue weighted by molar-refractivity contribution is 5.74. The third-order valence-corrected chi connectivity index (χ3v) is 5.41. The van der Waals surface area contributed by atoms with E-state index in [0.717, 1.165) is 45.6 Å². The van der Waals surface area contributed by atoms with Gasteiger partial charge in [-0.2, -0.15) is 0 Å². The number of amides is 2. The zero-order valence-electron chi connectivity index (χ0n) is 14.4. The first-order valence-corrected chi connectivity index (χ1v) is 9.00. The van der Waals surface area contributed by atoms with Crippen molar-refractivity contribution in [1.82, 2.24) is 15.2 Å². The van der Waals surface area contributed by atoms with Gasteiger partial charge in [0, 0.05) is 56.2 Å². The molecule has 4 rings (SSSR count). The van der Waals surface area contributed by atoms with E-state index in [1.54, 1.807) is 0 Å². The molecule has 0 radical (unpaired) electrons. The van der Waals surface area contributed by atoms with E-state index in [0.29, 0.717) is 0 Å². The highest BCUT2D eigenvalue weighted by Crippen LogP contribution is 2.47. The molecular formula is C20H24N4O. The molecule has 2 heterocycles. The minimum Gasteiger partial charge on any atom is -0.368 e. The highest BCUT2D eigenvalue weighted by atomic mass is 16.2. The molecule has 2 aromatic rings. The maximum atomic E-state index is 12.5. The van der Waals surface area contributed by atoms with Crippen molar-refractivity contribution in [2.45, 2.75) is 18.3 Å². The van der Waals surface area contributed by atoms with Crippen molar-refractivity contribution < 1.29 is 4.79 Å². The number of benzene rings is 1. The van der Waals surface area contributed by atoms with Crippen molar-refractivity contribution in [1.29, 1.82) is 0 Å². The molecule has 0 unspecified atom stereocenters. The highest BCUT2D eigenvalue weighted by Gasteiger charge is 2.44. The van der Waals surface area contributed by atoms with Crippen molar-refractivity contribution >= 4 is 11.7 Å². The van der Waals surface area contributed by atoms with E-state index in [4.69, 9.17) is 0 Å². The Morgan fingerprint density at radius 3 is 2.32 bits per heavy atom. The third kappa shape index (κ3) is 3.45. The van der Waals surface area contributed by atoms with Crippen LogP contribution in [0.3, 0.4) is 0 Å². The van der Waals surface area contributed by atoms with Gasteiger partial charge in [-0.1, -0.05) is 30.3 Å². The summed E-state index contributed by atoms with van der Waals surface area (Å²) in [4.78, 5) is 20.8. The van der Waals surface area contributed by atoms with Crippen molar-refractivity contribution in [2.24, 2.45) is 0 Å². The van der Waals surface area contributed by atoms with Crippen LogP contribution in [-0.4, -0.2) is 48.6 Å². The fourth-order valence-corrected chi connectivity index (χ4v) is 3.59. The van der Waals surface area contributed by atoms with Gasteiger partial charge >= 0.3 is 6.03 Å². The van der Waals surface area contributed by atoms with Crippen LogP contribution >= 0.6 is 0 Å². The topological polar surface area (TPSA) is 48.5 Å². The number of aromatic nitrogens is 1. The molecule has 2 fully saturated rings. The predicted octanol–water partition coefficient (Wildman–Crippen LogP) is 2.65. The van der Waals surface area contributed by atoms with Crippen LogP contribution in [0.4, 0.5) is 10.5 Å². The number of nitrogens with one attached hydrogen (secondary N) is 1. The van der Waals surface area contributed by atoms with E-state index in [2.05, 4.69) is 39.5 Å². The second-order valence-electron chi connectivity index (χ2n) is 6.98. The van der Waals surface area contributed by atoms with Gasteiger partial charge in [0.15, 0.2) is 0 Å². The molecule has 1 saturated heterocycles. The van der Waals surface area contributed by atoms with Crippen LogP contribution in [0.25, 0.3) is 0 Å². The molecule has 0 spiro atoms. The average Bonchev–Trinajstić information content (AvgIpc) is 3.49. The van der Waals surface area contributed by atoms with Crippen LogP contribution < -0.4 is 10.2 Å². The number of hydrogen-bond acceptors (Lipinski definition) is 3. The summed E-state index contributed by atoms with van der Waals surface area (Å²) in [5.41, 5.74) is 2.68. The zero-order valence-corrected chi connectivity index (χ0v) is 14.4. The van der Waals surface area contributed by atoms with E-state index in [1.165, 1.54) is 11.3 Å². The number of anilines is 1. The fraction of sp³-hybridized carbons (Fsp3) is 0.400. The third-order valence-electron chi connectivity index (χ3n) is 5.41. The number of hydrogen-bond donors (Lipinski definition) is 1. The molecule has 0 atom stereocenters. The van der Waals surface area contributed by atoms with Gasteiger partial charge in [0.25, 0.3) is 0 Å². The molecular weight excluding hydrogens is 312 g/mol. The lowest BCUT2D eigenvalue weighted by molar-refractivity contribution is 0.193. The predicted molar refractivity (Wildman–Crippen MR) is 98.8 cm³/mol. The summed E-state index contributed by atoms with van der Waals surface area (Å²) >= 11 is 0. The van der Waals surface area contributed by atoms with Gasteiger partial charge in [0.2, 0.25) is 0 Å². The van der Waals surface area contributed by atoms with E-state index < -0.39 is 0 Å². The van der Waals surface area contributed by atoms with Crippen LogP contribution in [0, 0.1) is 0 Å². The van der Waals surface area contributed by atoms with Gasteiger partial charge in [-0.05, 0) is 30.5 Å². The standard InChI is InChI=1S/C20H24N4O/c25-19(22-16-20(8-9-20)17-4-2-1-3-5-17)24-14-12-23(13-15-24)18-6-10-21-11-7-18/h1-7,10-11H,8-9,12-16H2,(H,22,25). The zero-order chi connectivity index (χ0) is 17.1. The van der Waals surface area contributed by atoms with Crippen LogP contribution in [0.1, 0.15) is 18.4 Å². The van der Waals surface area contributed by atoms with Gasteiger partial charge in [-0.15, -0.1) is 0 Å². The molecule has 5 heteroatoms. The van der Waals surface area contributed by atoms with Crippen LogP contribution in [0.2, 0.25) is 0 Å². The van der Waals surface area contributed by atoms with Gasteiger partial charge in [-0.3, -0.25) is 4.98 Å². The molecule has 2 aliphatic rings. The number of carbonyl (C=O) groups is 1. The van der Waals surface area contributed by atoms with Gasteiger partial charge in [0.05, 0.1) is 0 Å². The van der Waals surface area contributed by atoms with Crippen molar-refractivity contribution in [3.8, 4) is 0 Å². The lowest BCUT2D eigenvalue weighted by atomic mass is 9.96. The summed E-state index contributed by atoms with van der Waals surface area (Å²) in [6.45, 7) is 3.97. The number of piperazine rings is 1. The fourth-order valence-electron chi connectivity index (χ4n) is 3.59. The Hall–Kier alpha value is -2.56. The maximum Gasteiger partial charge on any atom is 0.317 e. The first kappa shape index (κ1) is 15.9. The quantitative estimate of drug-likeness (QED) is 0.934. The summed E-state index contributed by atoms with van der Waals surface area (Å²) in [6.07, 6.45) is 5.94. The molecule has 2 amide bonds. The lowest BCUT2D eigenvalue weighted by Crippen LogP contribution is -2.52. The largest absolute Gasteiger partial charge is 0.368 e. The summed E-state index contributed by atoms with van der Waals surface area (Å²) < 4.78 is 0. The Kier molecular flexibility index (Phi) is 4.30. The minimum atomic E-state index is 0.0663. The summed E-state index contributed by atoms with van der Waals surface area (Å²) in [6, 6.07) is 14.7. The molecule has 0 bridgehead atoms. The monoisotopic (exact) mass is 336 g/mol. The molecule has 130 valence electrons. The second kappa shape index (κ2) is 6.75. The molecule has 1 saturated carbocycles. The Morgan fingerprint density at radius 1 is 1.00 bits per heavy atom. The van der Waals surface area contributed by atoms with Crippen LogP contribution in [0.5, 0.6) is 0 Å². The van der Waals surface area contributed by atoms with Gasteiger partial charge in [0.1, 0.15) is 0 Å². The lowest BCUT2D eigenvalue weighted by Gasteiger charge is -2.36. The van der Waals surface area contributed by atoms with Crippen LogP contribution in [-0.2, 0) is 5.41 Å². The van der Waals surface area contributed by atoms with Crippen molar-refractivity contribution in [2.75, 3.05) is 37.6 Å². The first-order valence-electron chi connectivity index (χ1n) is 9.00. The summed E-state index contributed by atoms with van der Waals surface area (Å²) in [7, 11) is 0. The molecule has 1 aromatic heterocycles. The van der Waals surface area contributed by atoms with Crippen molar-refractivity contribution in [3.05, 3.63) is 60.4 Å². The van der Waals surface area contributed by atoms with Gasteiger partial charge in [-0.25, -0.2) is 4.79 Å². The van der Waals surface area contributed by atoms with Gasteiger partial charge < -0.3 is 15.1 Å². The van der Waals surface area contributed by atoms with E-state index in [9.17, 15) is 4.79 Å². The first-order chi connectivity index (χ1) is 12.3. The maximum absolute atomic E-state index is 12.5. The molecule has 1 aromatic carbocycles. The number of nitrogens with zero attached hydrogens (tertiary/aromatic N) is 3. The normalized spacial score (nSPS) is 18.7. The van der Waals surface area contributed by atoms with Crippen LogP contribution in [0.15, 0.2) is 54.9 Å². The van der Waals surface area contributed by atoms with Crippen molar-refractivity contribution in [3.63, 3.8) is 0 Å². The average molecular weight is 336 g/mol. The molecule has 1 aliphatic heterocycles.